The van der Waals surface area contributed by atoms with Gasteiger partial charge < -0.3 is 10.4 Å². The topological polar surface area (TPSA) is 95.5 Å². The molecule has 1 amide bonds. The molecule has 2 aromatic carbocycles. The Kier molecular flexibility index (Phi) is 5.58. The second-order valence-corrected chi connectivity index (χ2v) is 7.25. The molecular weight excluding hydrogens is 328 g/mol. The van der Waals surface area contributed by atoms with Crippen LogP contribution >= 0.6 is 0 Å². The van der Waals surface area contributed by atoms with Crippen LogP contribution < -0.4 is 10.0 Å². The number of aryl methyl sites for hydroxylation is 2. The highest BCUT2D eigenvalue weighted by atomic mass is 32.2. The molecule has 0 aliphatic rings. The molecule has 2 rings (SSSR count). The second kappa shape index (κ2) is 7.46. The number of anilines is 1. The second-order valence-electron chi connectivity index (χ2n) is 5.52. The Morgan fingerprint density at radius 3 is 2.58 bits per heavy atom. The molecule has 0 heterocycles. The van der Waals surface area contributed by atoms with Crippen LogP contribution in [0.1, 0.15) is 17.5 Å². The normalized spacial score (nSPS) is 11.2. The van der Waals surface area contributed by atoms with E-state index < -0.39 is 10.0 Å². The van der Waals surface area contributed by atoms with Crippen molar-refractivity contribution in [2.24, 2.45) is 0 Å². The molecule has 24 heavy (non-hydrogen) atoms. The first-order valence-electron chi connectivity index (χ1n) is 7.44. The van der Waals surface area contributed by atoms with Gasteiger partial charge in [0.25, 0.3) is 0 Å². The molecule has 0 aromatic heterocycles. The average molecular weight is 348 g/mol. The van der Waals surface area contributed by atoms with E-state index in [2.05, 4.69) is 10.0 Å². The maximum atomic E-state index is 12.3. The van der Waals surface area contributed by atoms with E-state index in [-0.39, 0.29) is 29.5 Å². The van der Waals surface area contributed by atoms with E-state index in [1.165, 1.54) is 12.1 Å². The van der Waals surface area contributed by atoms with Crippen molar-refractivity contribution in [3.05, 3.63) is 53.6 Å². The summed E-state index contributed by atoms with van der Waals surface area (Å²) in [6, 6.07) is 11.3. The van der Waals surface area contributed by atoms with Gasteiger partial charge in [-0.05, 0) is 43.2 Å². The smallest absolute Gasteiger partial charge is 0.240 e. The monoisotopic (exact) mass is 348 g/mol. The van der Waals surface area contributed by atoms with Crippen molar-refractivity contribution in [1.29, 1.82) is 0 Å². The summed E-state index contributed by atoms with van der Waals surface area (Å²) in [5.74, 6) is -0.298. The van der Waals surface area contributed by atoms with Crippen LogP contribution in [0.3, 0.4) is 0 Å². The van der Waals surface area contributed by atoms with Crippen LogP contribution in [0.5, 0.6) is 5.75 Å². The molecule has 3 N–H and O–H groups in total. The maximum Gasteiger partial charge on any atom is 0.240 e. The van der Waals surface area contributed by atoms with Gasteiger partial charge in [-0.15, -0.1) is 0 Å². The molecule has 2 aromatic rings. The van der Waals surface area contributed by atoms with E-state index in [9.17, 15) is 18.3 Å². The lowest BCUT2D eigenvalue weighted by atomic mass is 10.2. The molecule has 0 fully saturated rings. The molecule has 6 nitrogen and oxygen atoms in total. The van der Waals surface area contributed by atoms with E-state index >= 15 is 0 Å². The zero-order valence-corrected chi connectivity index (χ0v) is 14.4. The number of carbonyl (C=O) groups is 1. The largest absolute Gasteiger partial charge is 0.508 e. The van der Waals surface area contributed by atoms with Gasteiger partial charge in [0.05, 0.1) is 4.90 Å². The molecule has 0 atom stereocenters. The first-order valence-corrected chi connectivity index (χ1v) is 8.92. The molecule has 0 bridgehead atoms. The van der Waals surface area contributed by atoms with Crippen LogP contribution in [-0.4, -0.2) is 26.0 Å². The van der Waals surface area contributed by atoms with Crippen molar-refractivity contribution in [2.45, 2.75) is 25.2 Å². The average Bonchev–Trinajstić information content (AvgIpc) is 2.49. The summed E-state index contributed by atoms with van der Waals surface area (Å²) in [6.45, 7) is 3.53. The van der Waals surface area contributed by atoms with E-state index in [4.69, 9.17) is 0 Å². The Bertz CT molecular complexity index is 847. The molecule has 0 saturated carbocycles. The number of phenols is 1. The lowest BCUT2D eigenvalue weighted by Gasteiger charge is -2.10. The third-order valence-corrected chi connectivity index (χ3v) is 5.01. The summed E-state index contributed by atoms with van der Waals surface area (Å²) >= 11 is 0. The summed E-state index contributed by atoms with van der Waals surface area (Å²) in [4.78, 5) is 12.1. The fraction of sp³-hybridized carbons (Fsp3) is 0.235. The number of carbonyl (C=O) groups excluding carboxylic acids is 1. The van der Waals surface area contributed by atoms with Gasteiger partial charge in [-0.1, -0.05) is 18.2 Å². The first-order chi connectivity index (χ1) is 11.3. The molecule has 0 saturated heterocycles. The number of nitrogens with one attached hydrogen (secondary N) is 2. The summed E-state index contributed by atoms with van der Waals surface area (Å²) in [6.07, 6.45) is -0.0141. The highest BCUT2D eigenvalue weighted by molar-refractivity contribution is 7.89. The van der Waals surface area contributed by atoms with Crippen molar-refractivity contribution >= 4 is 21.6 Å². The minimum Gasteiger partial charge on any atom is -0.508 e. The Morgan fingerprint density at radius 1 is 1.12 bits per heavy atom. The molecule has 0 spiro atoms. The van der Waals surface area contributed by atoms with Crippen molar-refractivity contribution in [3.63, 3.8) is 0 Å². The summed E-state index contributed by atoms with van der Waals surface area (Å²) in [5, 5.41) is 11.9. The standard InChI is InChI=1S/C17H20N2O4S/c1-12-6-7-13(2)16(10-12)24(22,23)18-9-8-17(21)19-14-4-3-5-15(20)11-14/h3-7,10-11,18,20H,8-9H2,1-2H3,(H,19,21). The Hall–Kier alpha value is -2.38. The molecule has 7 heteroatoms. The van der Waals surface area contributed by atoms with Gasteiger partial charge in [0, 0.05) is 24.7 Å². The predicted molar refractivity (Wildman–Crippen MR) is 92.5 cm³/mol. The predicted octanol–water partition coefficient (Wildman–Crippen LogP) is 2.32. The molecule has 128 valence electrons. The molecule has 0 aliphatic heterocycles. The van der Waals surface area contributed by atoms with Crippen LogP contribution in [-0.2, 0) is 14.8 Å². The minimum absolute atomic E-state index is 0.0135. The molecular formula is C17H20N2O4S. The fourth-order valence-corrected chi connectivity index (χ4v) is 3.54. The van der Waals surface area contributed by atoms with Gasteiger partial charge in [-0.2, -0.15) is 0 Å². The zero-order chi connectivity index (χ0) is 17.7. The minimum atomic E-state index is -3.66. The van der Waals surface area contributed by atoms with Gasteiger partial charge in [0.2, 0.25) is 15.9 Å². The highest BCUT2D eigenvalue weighted by Gasteiger charge is 2.17. The number of aromatic hydroxyl groups is 1. The fourth-order valence-electron chi connectivity index (χ4n) is 2.18. The van der Waals surface area contributed by atoms with Crippen LogP contribution in [0.15, 0.2) is 47.4 Å². The highest BCUT2D eigenvalue weighted by Crippen LogP contribution is 2.17. The number of hydrogen-bond donors (Lipinski definition) is 3. The first kappa shape index (κ1) is 18.0. The summed E-state index contributed by atoms with van der Waals surface area (Å²) < 4.78 is 27.1. The Balaban J connectivity index is 1.93. The quantitative estimate of drug-likeness (QED) is 0.746. The SMILES string of the molecule is Cc1ccc(C)c(S(=O)(=O)NCCC(=O)Nc2cccc(O)c2)c1. The van der Waals surface area contributed by atoms with Crippen molar-refractivity contribution in [3.8, 4) is 5.75 Å². The number of benzene rings is 2. The zero-order valence-electron chi connectivity index (χ0n) is 13.5. The van der Waals surface area contributed by atoms with Crippen LogP contribution in [0.25, 0.3) is 0 Å². The molecule has 0 radical (unpaired) electrons. The van der Waals surface area contributed by atoms with E-state index in [0.29, 0.717) is 11.3 Å². The van der Waals surface area contributed by atoms with Crippen LogP contribution in [0, 0.1) is 13.8 Å². The van der Waals surface area contributed by atoms with Crippen molar-refractivity contribution in [1.82, 2.24) is 4.72 Å². The van der Waals surface area contributed by atoms with Gasteiger partial charge in [0.1, 0.15) is 5.75 Å². The molecule has 0 unspecified atom stereocenters. The van der Waals surface area contributed by atoms with Gasteiger partial charge >= 0.3 is 0 Å². The Morgan fingerprint density at radius 2 is 1.88 bits per heavy atom. The number of phenolic OH excluding ortho intramolecular Hbond substituents is 1. The summed E-state index contributed by atoms with van der Waals surface area (Å²) in [5.41, 5.74) is 1.96. The van der Waals surface area contributed by atoms with Crippen molar-refractivity contribution in [2.75, 3.05) is 11.9 Å². The van der Waals surface area contributed by atoms with Crippen molar-refractivity contribution < 1.29 is 18.3 Å². The third kappa shape index (κ3) is 4.81. The third-order valence-electron chi connectivity index (χ3n) is 3.41. The maximum absolute atomic E-state index is 12.3. The van der Waals surface area contributed by atoms with Gasteiger partial charge in [-0.25, -0.2) is 13.1 Å². The summed E-state index contributed by atoms with van der Waals surface area (Å²) in [7, 11) is -3.66. The lowest BCUT2D eigenvalue weighted by molar-refractivity contribution is -0.116. The number of hydrogen-bond acceptors (Lipinski definition) is 4. The number of rotatable bonds is 6. The van der Waals surface area contributed by atoms with E-state index in [1.807, 2.05) is 13.0 Å². The lowest BCUT2D eigenvalue weighted by Crippen LogP contribution is -2.28. The van der Waals surface area contributed by atoms with Crippen LogP contribution in [0.2, 0.25) is 0 Å². The van der Waals surface area contributed by atoms with Gasteiger partial charge in [0.15, 0.2) is 0 Å². The van der Waals surface area contributed by atoms with E-state index in [1.54, 1.807) is 31.2 Å². The van der Waals surface area contributed by atoms with E-state index in [0.717, 1.165) is 5.56 Å². The van der Waals surface area contributed by atoms with Crippen LogP contribution in [0.4, 0.5) is 5.69 Å². The number of amides is 1. The van der Waals surface area contributed by atoms with Gasteiger partial charge in [-0.3, -0.25) is 4.79 Å². The Labute approximate surface area is 141 Å². The number of sulfonamides is 1. The molecule has 0 aliphatic carbocycles.